The lowest BCUT2D eigenvalue weighted by Gasteiger charge is -2.33. The molecular formula is C32H30Cl2F6N4O4S. The van der Waals surface area contributed by atoms with E-state index in [4.69, 9.17) is 23.2 Å². The second kappa shape index (κ2) is 13.1. The number of amides is 2. The smallest absolute Gasteiger partial charge is 0.339 e. The number of carbonyl (C=O) groups is 2. The molecule has 2 aliphatic heterocycles. The van der Waals surface area contributed by atoms with E-state index in [1.165, 1.54) is 4.90 Å². The van der Waals surface area contributed by atoms with Gasteiger partial charge in [0.1, 0.15) is 0 Å². The van der Waals surface area contributed by atoms with Crippen LogP contribution in [-0.2, 0) is 27.7 Å². The van der Waals surface area contributed by atoms with E-state index in [-0.39, 0.29) is 59.5 Å². The number of nitrogens with zero attached hydrogens (tertiary/aromatic N) is 4. The van der Waals surface area contributed by atoms with Crippen LogP contribution in [0.2, 0.25) is 10.0 Å². The standard InChI is InChI=1S/C32H30Cl2F6N4O4S/c33-25-15-21(18-4-6-19(7-5-18)29(45)42-11-9-22(10-12-42)31(35,36)37)16-26(34)23(25)14-20-8-13-43(30(20)46)28-3-1-2-27-24(28)17-44(41-27)49(47,48)32(38,39)40/h4-7,15-17,20,22,28H,1-3,8-14H2/t20-,28?/m0/s1. The maximum absolute atomic E-state index is 13.6. The molecule has 264 valence electrons. The minimum absolute atomic E-state index is 0.0252. The summed E-state index contributed by atoms with van der Waals surface area (Å²) in [6.45, 7) is 0.359. The molecule has 1 aliphatic carbocycles. The van der Waals surface area contributed by atoms with Crippen molar-refractivity contribution < 1.29 is 44.3 Å². The number of fused-ring (bicyclic) bond motifs is 1. The molecule has 8 nitrogen and oxygen atoms in total. The maximum atomic E-state index is 13.6. The molecule has 3 heterocycles. The second-order valence-corrected chi connectivity index (χ2v) is 15.2. The third kappa shape index (κ3) is 6.90. The van der Waals surface area contributed by atoms with Gasteiger partial charge < -0.3 is 9.80 Å². The average Bonchev–Trinajstić information content (AvgIpc) is 3.65. The van der Waals surface area contributed by atoms with Crippen LogP contribution in [0.25, 0.3) is 11.1 Å². The Morgan fingerprint density at radius 3 is 2.12 bits per heavy atom. The van der Waals surface area contributed by atoms with Crippen LogP contribution in [0.4, 0.5) is 26.3 Å². The molecule has 2 aromatic carbocycles. The van der Waals surface area contributed by atoms with Gasteiger partial charge in [-0.25, -0.2) is 0 Å². The minimum atomic E-state index is -5.71. The fourth-order valence-electron chi connectivity index (χ4n) is 6.91. The van der Waals surface area contributed by atoms with Gasteiger partial charge in [0.2, 0.25) is 5.91 Å². The molecule has 0 N–H and O–H groups in total. The average molecular weight is 752 g/mol. The van der Waals surface area contributed by atoms with Gasteiger partial charge in [-0.1, -0.05) is 35.3 Å². The van der Waals surface area contributed by atoms with E-state index in [0.29, 0.717) is 64.5 Å². The van der Waals surface area contributed by atoms with E-state index in [9.17, 15) is 44.3 Å². The van der Waals surface area contributed by atoms with Crippen molar-refractivity contribution in [1.82, 2.24) is 19.0 Å². The van der Waals surface area contributed by atoms with Crippen molar-refractivity contribution in [3.05, 3.63) is 75.0 Å². The number of carbonyl (C=O) groups excluding carboxylic acids is 2. The highest BCUT2D eigenvalue weighted by Crippen LogP contribution is 2.41. The Kier molecular flexibility index (Phi) is 9.50. The van der Waals surface area contributed by atoms with Gasteiger partial charge in [0.25, 0.3) is 5.91 Å². The predicted octanol–water partition coefficient (Wildman–Crippen LogP) is 7.44. The maximum Gasteiger partial charge on any atom is 0.518 e. The Bertz CT molecular complexity index is 1850. The van der Waals surface area contributed by atoms with Crippen molar-refractivity contribution >= 4 is 45.0 Å². The lowest BCUT2D eigenvalue weighted by atomic mass is 9.91. The molecule has 3 aromatic rings. The minimum Gasteiger partial charge on any atom is -0.339 e. The summed E-state index contributed by atoms with van der Waals surface area (Å²) in [6.07, 6.45) is -1.80. The highest BCUT2D eigenvalue weighted by molar-refractivity contribution is 7.90. The van der Waals surface area contributed by atoms with Gasteiger partial charge in [-0.05, 0) is 85.9 Å². The summed E-state index contributed by atoms with van der Waals surface area (Å²) in [6, 6.07) is 9.31. The van der Waals surface area contributed by atoms with E-state index in [0.717, 1.165) is 6.20 Å². The SMILES string of the molecule is O=C(c1ccc(-c2cc(Cl)c(C[C@@H]3CCN(C4CCCc5nn(S(=O)(=O)C(F)(F)F)cc54)C3=O)c(Cl)c2)cc1)N1CCC(C(F)(F)F)CC1. The molecule has 3 aliphatic rings. The molecule has 17 heteroatoms. The summed E-state index contributed by atoms with van der Waals surface area (Å²) < 4.78 is 102. The summed E-state index contributed by atoms with van der Waals surface area (Å²) >= 11 is 13.3. The lowest BCUT2D eigenvalue weighted by Crippen LogP contribution is -2.42. The van der Waals surface area contributed by atoms with Gasteiger partial charge >= 0.3 is 21.7 Å². The zero-order valence-electron chi connectivity index (χ0n) is 25.7. The van der Waals surface area contributed by atoms with Crippen LogP contribution in [-0.4, -0.2) is 70.5 Å². The summed E-state index contributed by atoms with van der Waals surface area (Å²) in [7, 11) is -5.71. The molecule has 49 heavy (non-hydrogen) atoms. The second-order valence-electron chi connectivity index (χ2n) is 12.6. The highest BCUT2D eigenvalue weighted by atomic mass is 35.5. The molecule has 0 radical (unpaired) electrons. The van der Waals surface area contributed by atoms with Gasteiger partial charge in [-0.3, -0.25) is 9.59 Å². The van der Waals surface area contributed by atoms with Crippen molar-refractivity contribution in [1.29, 1.82) is 0 Å². The van der Waals surface area contributed by atoms with Crippen molar-refractivity contribution in [3.63, 3.8) is 0 Å². The van der Waals surface area contributed by atoms with Crippen molar-refractivity contribution in [2.45, 2.75) is 62.7 Å². The van der Waals surface area contributed by atoms with Gasteiger partial charge in [0.05, 0.1) is 17.7 Å². The van der Waals surface area contributed by atoms with Gasteiger partial charge in [0.15, 0.2) is 0 Å². The van der Waals surface area contributed by atoms with Crippen LogP contribution in [0.3, 0.4) is 0 Å². The predicted molar refractivity (Wildman–Crippen MR) is 168 cm³/mol. The number of alkyl halides is 6. The first kappa shape index (κ1) is 35.5. The summed E-state index contributed by atoms with van der Waals surface area (Å²) in [5.41, 5.74) is -2.82. The summed E-state index contributed by atoms with van der Waals surface area (Å²) in [5, 5.41) is 4.32. The van der Waals surface area contributed by atoms with Gasteiger partial charge in [-0.15, -0.1) is 0 Å². The third-order valence-corrected chi connectivity index (χ3v) is 11.6. The number of likely N-dealkylation sites (tertiary alicyclic amines) is 2. The number of hydrogen-bond acceptors (Lipinski definition) is 5. The van der Waals surface area contributed by atoms with E-state index in [2.05, 4.69) is 5.10 Å². The molecule has 6 rings (SSSR count). The van der Waals surface area contributed by atoms with Crippen molar-refractivity contribution in [2.24, 2.45) is 11.8 Å². The van der Waals surface area contributed by atoms with Gasteiger partial charge in [0, 0.05) is 52.9 Å². The van der Waals surface area contributed by atoms with Crippen LogP contribution in [0.15, 0.2) is 42.6 Å². The van der Waals surface area contributed by atoms with E-state index in [1.54, 1.807) is 41.3 Å². The fraction of sp³-hybridized carbons (Fsp3) is 0.469. The first-order valence-corrected chi connectivity index (χ1v) is 17.8. The Labute approximate surface area is 288 Å². The molecule has 0 saturated carbocycles. The van der Waals surface area contributed by atoms with E-state index in [1.807, 2.05) is 0 Å². The largest absolute Gasteiger partial charge is 0.518 e. The zero-order chi connectivity index (χ0) is 35.5. The van der Waals surface area contributed by atoms with Crippen LogP contribution in [0, 0.1) is 11.8 Å². The molecule has 2 saturated heterocycles. The molecular weight excluding hydrogens is 721 g/mol. The van der Waals surface area contributed by atoms with E-state index >= 15 is 0 Å². The molecule has 2 fully saturated rings. The zero-order valence-corrected chi connectivity index (χ0v) is 28.0. The molecule has 1 aromatic heterocycles. The van der Waals surface area contributed by atoms with Crippen LogP contribution in [0.5, 0.6) is 0 Å². The quantitative estimate of drug-likeness (QED) is 0.245. The number of hydrogen-bond donors (Lipinski definition) is 0. The Morgan fingerprint density at radius 2 is 1.53 bits per heavy atom. The summed E-state index contributed by atoms with van der Waals surface area (Å²) in [4.78, 5) is 29.5. The Hall–Kier alpha value is -3.30. The number of benzene rings is 2. The lowest BCUT2D eigenvalue weighted by molar-refractivity contribution is -0.183. The number of aryl methyl sites for hydroxylation is 1. The Balaban J connectivity index is 1.13. The van der Waals surface area contributed by atoms with Crippen molar-refractivity contribution in [3.8, 4) is 11.1 Å². The number of piperidine rings is 1. The van der Waals surface area contributed by atoms with Gasteiger partial charge in [-0.2, -0.15) is 43.9 Å². The first-order valence-electron chi connectivity index (χ1n) is 15.6. The van der Waals surface area contributed by atoms with Crippen molar-refractivity contribution in [2.75, 3.05) is 19.6 Å². The number of halogens is 8. The Morgan fingerprint density at radius 1 is 0.898 bits per heavy atom. The van der Waals surface area contributed by atoms with Crippen LogP contribution in [0.1, 0.15) is 65.3 Å². The molecule has 0 spiro atoms. The topological polar surface area (TPSA) is 92.6 Å². The van der Waals surface area contributed by atoms with E-state index < -0.39 is 39.6 Å². The third-order valence-electron chi connectivity index (χ3n) is 9.62. The first-order chi connectivity index (χ1) is 23.0. The monoisotopic (exact) mass is 750 g/mol. The fourth-order valence-corrected chi connectivity index (χ4v) is 8.23. The molecule has 2 atom stereocenters. The number of aromatic nitrogens is 2. The van der Waals surface area contributed by atoms with Crippen LogP contribution < -0.4 is 0 Å². The highest BCUT2D eigenvalue weighted by Gasteiger charge is 2.49. The molecule has 1 unspecified atom stereocenters. The molecule has 0 bridgehead atoms. The number of rotatable bonds is 6. The normalized spacial score (nSPS) is 20.9. The summed E-state index contributed by atoms with van der Waals surface area (Å²) in [5.74, 6) is -2.52. The molecule has 2 amide bonds. The van der Waals surface area contributed by atoms with Crippen LogP contribution >= 0.6 is 23.2 Å².